The summed E-state index contributed by atoms with van der Waals surface area (Å²) in [6.07, 6.45) is 5.22. The zero-order valence-electron chi connectivity index (χ0n) is 13.4. The van der Waals surface area contributed by atoms with Gasteiger partial charge in [0.25, 0.3) is 0 Å². The Morgan fingerprint density at radius 2 is 1.81 bits per heavy atom. The van der Waals surface area contributed by atoms with Crippen LogP contribution in [-0.2, 0) is 13.0 Å². The topological polar surface area (TPSA) is 38.0 Å². The molecule has 21 heavy (non-hydrogen) atoms. The summed E-state index contributed by atoms with van der Waals surface area (Å²) in [5.74, 6) is 0.369. The second-order valence-electron chi connectivity index (χ2n) is 5.64. The molecule has 0 spiro atoms. The van der Waals surface area contributed by atoms with Gasteiger partial charge in [0.15, 0.2) is 5.75 Å². The van der Waals surface area contributed by atoms with Crippen molar-refractivity contribution in [2.24, 2.45) is 0 Å². The van der Waals surface area contributed by atoms with E-state index >= 15 is 0 Å². The van der Waals surface area contributed by atoms with E-state index < -0.39 is 0 Å². The first-order valence-corrected chi connectivity index (χ1v) is 8.03. The number of nitrogens with zero attached hydrogens (tertiary/aromatic N) is 2. The Kier molecular flexibility index (Phi) is 5.43. The molecule has 2 aromatic rings. The molecule has 2 rings (SSSR count). The molecule has 1 aromatic heterocycles. The van der Waals surface area contributed by atoms with Gasteiger partial charge in [0.05, 0.1) is 0 Å². The van der Waals surface area contributed by atoms with Crippen LogP contribution in [0.1, 0.15) is 50.8 Å². The number of aromatic nitrogens is 2. The Balaban J connectivity index is 2.46. The Morgan fingerprint density at radius 1 is 1.10 bits per heavy atom. The summed E-state index contributed by atoms with van der Waals surface area (Å²) in [5.41, 5.74) is 3.98. The summed E-state index contributed by atoms with van der Waals surface area (Å²) in [6.45, 7) is 7.28. The quantitative estimate of drug-likeness (QED) is 0.800. The normalized spacial score (nSPS) is 11.0. The van der Waals surface area contributed by atoms with Gasteiger partial charge in [0, 0.05) is 12.1 Å². The minimum atomic E-state index is 0.369. The molecule has 114 valence electrons. The highest BCUT2D eigenvalue weighted by Gasteiger charge is 2.19. The highest BCUT2D eigenvalue weighted by Crippen LogP contribution is 2.35. The number of hydrogen-bond acceptors (Lipinski definition) is 2. The van der Waals surface area contributed by atoms with Gasteiger partial charge in [-0.25, -0.2) is 0 Å². The average molecular weight is 286 g/mol. The molecule has 0 amide bonds. The lowest BCUT2D eigenvalue weighted by molar-refractivity contribution is 0.468. The molecule has 0 saturated heterocycles. The van der Waals surface area contributed by atoms with Gasteiger partial charge < -0.3 is 5.11 Å². The molecule has 1 heterocycles. The molecule has 0 aliphatic carbocycles. The SMILES string of the molecule is CCCCc1nn(CCCC)c(-c2ccccc2C)c1O. The van der Waals surface area contributed by atoms with Gasteiger partial charge in [-0.15, -0.1) is 0 Å². The third kappa shape index (κ3) is 3.46. The first kappa shape index (κ1) is 15.6. The van der Waals surface area contributed by atoms with Crippen LogP contribution in [0.15, 0.2) is 24.3 Å². The summed E-state index contributed by atoms with van der Waals surface area (Å²) in [4.78, 5) is 0. The second-order valence-corrected chi connectivity index (χ2v) is 5.64. The Hall–Kier alpha value is -1.77. The Bertz CT molecular complexity index is 587. The van der Waals surface area contributed by atoms with Crippen LogP contribution in [0.2, 0.25) is 0 Å². The van der Waals surface area contributed by atoms with E-state index in [0.29, 0.717) is 5.75 Å². The van der Waals surface area contributed by atoms with Crippen LogP contribution in [0.3, 0.4) is 0 Å². The number of unbranched alkanes of at least 4 members (excludes halogenated alkanes) is 2. The molecule has 3 nitrogen and oxygen atoms in total. The molecule has 1 aromatic carbocycles. The van der Waals surface area contributed by atoms with Crippen molar-refractivity contribution in [2.45, 2.75) is 59.4 Å². The fourth-order valence-electron chi connectivity index (χ4n) is 2.59. The molecule has 0 aliphatic rings. The molecule has 0 aliphatic heterocycles. The monoisotopic (exact) mass is 286 g/mol. The lowest BCUT2D eigenvalue weighted by Gasteiger charge is -2.09. The number of aryl methyl sites for hydroxylation is 3. The van der Waals surface area contributed by atoms with Crippen LogP contribution in [0.4, 0.5) is 0 Å². The summed E-state index contributed by atoms with van der Waals surface area (Å²) in [6, 6.07) is 8.20. The first-order valence-electron chi connectivity index (χ1n) is 8.03. The third-order valence-electron chi connectivity index (χ3n) is 3.89. The maximum atomic E-state index is 10.6. The van der Waals surface area contributed by atoms with E-state index in [-0.39, 0.29) is 0 Å². The fraction of sp³-hybridized carbons (Fsp3) is 0.500. The van der Waals surface area contributed by atoms with Crippen LogP contribution < -0.4 is 0 Å². The average Bonchev–Trinajstić information content (AvgIpc) is 2.80. The van der Waals surface area contributed by atoms with Crippen molar-refractivity contribution in [3.05, 3.63) is 35.5 Å². The van der Waals surface area contributed by atoms with E-state index in [2.05, 4.69) is 38.0 Å². The second kappa shape index (κ2) is 7.30. The fourth-order valence-corrected chi connectivity index (χ4v) is 2.59. The van der Waals surface area contributed by atoms with Crippen LogP contribution in [0.25, 0.3) is 11.3 Å². The van der Waals surface area contributed by atoms with Crippen molar-refractivity contribution in [3.63, 3.8) is 0 Å². The minimum absolute atomic E-state index is 0.369. The van der Waals surface area contributed by atoms with Crippen molar-refractivity contribution < 1.29 is 5.11 Å². The van der Waals surface area contributed by atoms with Crippen LogP contribution in [0, 0.1) is 6.92 Å². The maximum absolute atomic E-state index is 10.6. The number of benzene rings is 1. The molecule has 0 fully saturated rings. The molecule has 0 unspecified atom stereocenters. The van der Waals surface area contributed by atoms with Gasteiger partial charge in [0.1, 0.15) is 11.4 Å². The van der Waals surface area contributed by atoms with Gasteiger partial charge in [-0.05, 0) is 31.7 Å². The number of rotatable bonds is 7. The highest BCUT2D eigenvalue weighted by molar-refractivity contribution is 5.70. The molecule has 1 N–H and O–H groups in total. The maximum Gasteiger partial charge on any atom is 0.164 e. The molecular formula is C18H26N2O. The van der Waals surface area contributed by atoms with Gasteiger partial charge in [0.2, 0.25) is 0 Å². The van der Waals surface area contributed by atoms with E-state index in [0.717, 1.165) is 55.6 Å². The van der Waals surface area contributed by atoms with Crippen molar-refractivity contribution in [3.8, 4) is 17.0 Å². The molecule has 0 bridgehead atoms. The van der Waals surface area contributed by atoms with Gasteiger partial charge in [-0.1, -0.05) is 51.0 Å². The van der Waals surface area contributed by atoms with E-state index in [4.69, 9.17) is 0 Å². The van der Waals surface area contributed by atoms with E-state index in [9.17, 15) is 5.11 Å². The molecule has 0 atom stereocenters. The van der Waals surface area contributed by atoms with Crippen molar-refractivity contribution in [1.29, 1.82) is 0 Å². The summed E-state index contributed by atoms with van der Waals surface area (Å²) >= 11 is 0. The Morgan fingerprint density at radius 3 is 2.48 bits per heavy atom. The summed E-state index contributed by atoms with van der Waals surface area (Å²) in [5, 5.41) is 15.3. The lowest BCUT2D eigenvalue weighted by atomic mass is 10.0. The largest absolute Gasteiger partial charge is 0.504 e. The van der Waals surface area contributed by atoms with Gasteiger partial charge >= 0.3 is 0 Å². The first-order chi connectivity index (χ1) is 10.2. The van der Waals surface area contributed by atoms with Crippen LogP contribution in [0.5, 0.6) is 5.75 Å². The van der Waals surface area contributed by atoms with Gasteiger partial charge in [-0.2, -0.15) is 5.10 Å². The highest BCUT2D eigenvalue weighted by atomic mass is 16.3. The van der Waals surface area contributed by atoms with Gasteiger partial charge in [-0.3, -0.25) is 4.68 Å². The zero-order valence-corrected chi connectivity index (χ0v) is 13.4. The number of hydrogen-bond donors (Lipinski definition) is 1. The lowest BCUT2D eigenvalue weighted by Crippen LogP contribution is -2.03. The van der Waals surface area contributed by atoms with Crippen molar-refractivity contribution in [2.75, 3.05) is 0 Å². The summed E-state index contributed by atoms with van der Waals surface area (Å²) in [7, 11) is 0. The molecular weight excluding hydrogens is 260 g/mol. The van der Waals surface area contributed by atoms with Crippen molar-refractivity contribution in [1.82, 2.24) is 9.78 Å². The molecule has 0 radical (unpaired) electrons. The van der Waals surface area contributed by atoms with Crippen LogP contribution in [-0.4, -0.2) is 14.9 Å². The summed E-state index contributed by atoms with van der Waals surface area (Å²) < 4.78 is 1.99. The molecule has 3 heteroatoms. The van der Waals surface area contributed by atoms with Crippen LogP contribution >= 0.6 is 0 Å². The molecule has 0 saturated carbocycles. The van der Waals surface area contributed by atoms with E-state index in [1.807, 2.05) is 16.8 Å². The Labute approximate surface area is 127 Å². The zero-order chi connectivity index (χ0) is 15.2. The third-order valence-corrected chi connectivity index (χ3v) is 3.89. The smallest absolute Gasteiger partial charge is 0.164 e. The minimum Gasteiger partial charge on any atom is -0.504 e. The van der Waals surface area contributed by atoms with E-state index in [1.54, 1.807) is 0 Å². The van der Waals surface area contributed by atoms with E-state index in [1.165, 1.54) is 5.56 Å². The standard InChI is InChI=1S/C18H26N2O/c1-4-6-12-16-18(21)17(20(19-16)13-7-5-2)15-11-9-8-10-14(15)3/h8-11,21H,4-7,12-13H2,1-3H3. The predicted molar refractivity (Wildman–Crippen MR) is 87.6 cm³/mol. The number of aromatic hydroxyl groups is 1. The predicted octanol–water partition coefficient (Wildman–Crippen LogP) is 4.71. The van der Waals surface area contributed by atoms with Crippen molar-refractivity contribution >= 4 is 0 Å².